The number of alkyl halides is 2. The van der Waals surface area contributed by atoms with Crippen LogP contribution >= 0.6 is 0 Å². The Morgan fingerprint density at radius 3 is 2.41 bits per heavy atom. The predicted octanol–water partition coefficient (Wildman–Crippen LogP) is 5.07. The highest BCUT2D eigenvalue weighted by Crippen LogP contribution is 2.66. The fraction of sp³-hybridized carbons (Fsp3) is 0.913. The second-order valence-electron chi connectivity index (χ2n) is 11.2. The summed E-state index contributed by atoms with van der Waals surface area (Å²) in [4.78, 5) is 0. The molecular weight excluding hydrogens is 344 g/mol. The summed E-state index contributed by atoms with van der Waals surface area (Å²) in [6, 6.07) is 0.587. The van der Waals surface area contributed by atoms with E-state index in [-0.39, 0.29) is 12.0 Å². The maximum absolute atomic E-state index is 14.8. The Hall–Kier alpha value is -0.480. The summed E-state index contributed by atoms with van der Waals surface area (Å²) in [5, 5.41) is 13.9. The number of hydrogen-bond donors (Lipinski definition) is 2. The van der Waals surface area contributed by atoms with Crippen LogP contribution in [0.15, 0.2) is 11.6 Å². The van der Waals surface area contributed by atoms with Crippen LogP contribution in [0.1, 0.15) is 78.6 Å². The minimum Gasteiger partial charge on any atom is -0.386 e. The molecule has 0 aromatic carbocycles. The number of nitrogens with one attached hydrogen (secondary N) is 1. The van der Waals surface area contributed by atoms with Gasteiger partial charge in [0.25, 0.3) is 5.92 Å². The third-order valence-electron chi connectivity index (χ3n) is 9.70. The summed E-state index contributed by atoms with van der Waals surface area (Å²) >= 11 is 0. The van der Waals surface area contributed by atoms with Gasteiger partial charge in [0.2, 0.25) is 0 Å². The Bertz CT molecular complexity index is 671. The van der Waals surface area contributed by atoms with Crippen LogP contribution in [0, 0.1) is 28.6 Å². The van der Waals surface area contributed by atoms with Crippen molar-refractivity contribution in [3.8, 4) is 0 Å². The SMILES string of the molecule is CC1(NC2CC[C@H]3[C@@H]4CC=C5C(F)(F)C(O)CC[C@]5(C)[C@@H]4CC[C@]23C)CC1. The smallest absolute Gasteiger partial charge is 0.295 e. The molecule has 2 nitrogen and oxygen atoms in total. The topological polar surface area (TPSA) is 32.3 Å². The summed E-state index contributed by atoms with van der Waals surface area (Å²) in [5.74, 6) is -1.52. The summed E-state index contributed by atoms with van der Waals surface area (Å²) in [6.45, 7) is 6.90. The highest BCUT2D eigenvalue weighted by atomic mass is 19.3. The van der Waals surface area contributed by atoms with Gasteiger partial charge < -0.3 is 10.4 Å². The van der Waals surface area contributed by atoms with Gasteiger partial charge in [0.05, 0.1) is 0 Å². The average molecular weight is 380 g/mol. The Balaban J connectivity index is 1.45. The van der Waals surface area contributed by atoms with Gasteiger partial charge in [-0.25, -0.2) is 0 Å². The van der Waals surface area contributed by atoms with E-state index in [2.05, 4.69) is 26.1 Å². The van der Waals surface area contributed by atoms with E-state index in [1.165, 1.54) is 25.7 Å². The largest absolute Gasteiger partial charge is 0.386 e. The van der Waals surface area contributed by atoms with E-state index in [0.29, 0.717) is 41.2 Å². The van der Waals surface area contributed by atoms with Gasteiger partial charge in [-0.15, -0.1) is 0 Å². The highest BCUT2D eigenvalue weighted by Gasteiger charge is 2.63. The lowest BCUT2D eigenvalue weighted by molar-refractivity contribution is -0.141. The molecule has 27 heavy (non-hydrogen) atoms. The van der Waals surface area contributed by atoms with Crippen molar-refractivity contribution in [2.75, 3.05) is 0 Å². The van der Waals surface area contributed by atoms with Gasteiger partial charge in [-0.05, 0) is 93.3 Å². The highest BCUT2D eigenvalue weighted by molar-refractivity contribution is 5.32. The molecular formula is C23H35F2NO. The van der Waals surface area contributed by atoms with Crippen LogP contribution in [0.5, 0.6) is 0 Å². The standard InChI is InChI=1S/C23H35F2NO/c1-20(12-13-20)26-18-7-5-15-14-4-6-17-21(2,11-9-19(27)23(17,24)25)16(14)8-10-22(15,18)3/h6,14-16,18-19,26-27H,4-5,7-13H2,1-3H3/t14-,15-,16+,18?,19?,21+,22-/m0/s1. The number of rotatable bonds is 2. The van der Waals surface area contributed by atoms with Crippen molar-refractivity contribution < 1.29 is 13.9 Å². The van der Waals surface area contributed by atoms with Crippen molar-refractivity contribution >= 4 is 0 Å². The lowest BCUT2D eigenvalue weighted by atomic mass is 9.47. The van der Waals surface area contributed by atoms with Gasteiger partial charge in [0.15, 0.2) is 0 Å². The van der Waals surface area contributed by atoms with E-state index < -0.39 is 17.4 Å². The number of halogens is 2. The van der Waals surface area contributed by atoms with Crippen LogP contribution in [0.4, 0.5) is 8.78 Å². The molecule has 0 amide bonds. The van der Waals surface area contributed by atoms with E-state index in [0.717, 1.165) is 19.3 Å². The lowest BCUT2D eigenvalue weighted by Crippen LogP contribution is -2.57. The molecule has 7 atom stereocenters. The summed E-state index contributed by atoms with van der Waals surface area (Å²) in [6.07, 6.45) is 9.34. The molecule has 2 unspecified atom stereocenters. The van der Waals surface area contributed by atoms with Crippen LogP contribution in [0.25, 0.3) is 0 Å². The van der Waals surface area contributed by atoms with Gasteiger partial charge in [-0.1, -0.05) is 19.9 Å². The van der Waals surface area contributed by atoms with Crippen molar-refractivity contribution in [2.45, 2.75) is 102 Å². The molecule has 2 N–H and O–H groups in total. The van der Waals surface area contributed by atoms with Gasteiger partial charge in [0.1, 0.15) is 6.10 Å². The van der Waals surface area contributed by atoms with Crippen LogP contribution in [0.3, 0.4) is 0 Å². The molecule has 0 spiro atoms. The number of fused-ring (bicyclic) bond motifs is 5. The number of aliphatic hydroxyl groups excluding tert-OH is 1. The molecule has 0 aromatic rings. The fourth-order valence-corrected chi connectivity index (χ4v) is 7.72. The summed E-state index contributed by atoms with van der Waals surface area (Å²) in [7, 11) is 0. The maximum Gasteiger partial charge on any atom is 0.295 e. The summed E-state index contributed by atoms with van der Waals surface area (Å²) in [5.41, 5.74) is 0.496. The Morgan fingerprint density at radius 1 is 0.963 bits per heavy atom. The van der Waals surface area contributed by atoms with Crippen molar-refractivity contribution in [1.29, 1.82) is 0 Å². The Kier molecular flexibility index (Phi) is 3.82. The summed E-state index contributed by atoms with van der Waals surface area (Å²) < 4.78 is 29.6. The predicted molar refractivity (Wildman–Crippen MR) is 103 cm³/mol. The second kappa shape index (κ2) is 5.56. The number of aliphatic hydroxyl groups is 1. The first-order valence-corrected chi connectivity index (χ1v) is 11.1. The number of hydrogen-bond acceptors (Lipinski definition) is 2. The molecule has 5 aliphatic rings. The molecule has 0 bridgehead atoms. The Morgan fingerprint density at radius 2 is 1.70 bits per heavy atom. The molecule has 4 saturated carbocycles. The molecule has 4 heteroatoms. The first-order chi connectivity index (χ1) is 12.6. The average Bonchev–Trinajstić information content (AvgIpc) is 3.24. The van der Waals surface area contributed by atoms with Gasteiger partial charge >= 0.3 is 0 Å². The van der Waals surface area contributed by atoms with E-state index in [1.807, 2.05) is 6.08 Å². The second-order valence-corrected chi connectivity index (χ2v) is 11.2. The molecule has 4 fully saturated rings. The van der Waals surface area contributed by atoms with Crippen LogP contribution < -0.4 is 5.32 Å². The molecule has 0 aromatic heterocycles. The fourth-order valence-electron chi connectivity index (χ4n) is 7.72. The van der Waals surface area contributed by atoms with E-state index in [9.17, 15) is 13.9 Å². The lowest BCUT2D eigenvalue weighted by Gasteiger charge is -2.59. The van der Waals surface area contributed by atoms with Crippen molar-refractivity contribution in [2.24, 2.45) is 28.6 Å². The third-order valence-corrected chi connectivity index (χ3v) is 9.70. The minimum absolute atomic E-state index is 0.231. The zero-order chi connectivity index (χ0) is 19.2. The van der Waals surface area contributed by atoms with E-state index in [1.54, 1.807) is 0 Å². The van der Waals surface area contributed by atoms with Crippen LogP contribution in [-0.4, -0.2) is 28.7 Å². The Labute approximate surface area is 162 Å². The normalized spacial score (nSPS) is 52.4. The van der Waals surface area contributed by atoms with Gasteiger partial charge in [0, 0.05) is 17.2 Å². The van der Waals surface area contributed by atoms with Crippen LogP contribution in [0.2, 0.25) is 0 Å². The van der Waals surface area contributed by atoms with Crippen molar-refractivity contribution in [1.82, 2.24) is 5.32 Å². The van der Waals surface area contributed by atoms with Gasteiger partial charge in [-0.3, -0.25) is 0 Å². The first kappa shape index (κ1) is 18.5. The molecule has 5 aliphatic carbocycles. The van der Waals surface area contributed by atoms with Gasteiger partial charge in [-0.2, -0.15) is 8.78 Å². The molecule has 0 saturated heterocycles. The van der Waals surface area contributed by atoms with Crippen molar-refractivity contribution in [3.05, 3.63) is 11.6 Å². The quantitative estimate of drug-likeness (QED) is 0.657. The van der Waals surface area contributed by atoms with Crippen molar-refractivity contribution in [3.63, 3.8) is 0 Å². The number of allylic oxidation sites excluding steroid dienone is 1. The monoisotopic (exact) mass is 379 g/mol. The first-order valence-electron chi connectivity index (χ1n) is 11.1. The zero-order valence-electron chi connectivity index (χ0n) is 17.0. The molecule has 0 radical (unpaired) electrons. The molecule has 0 aliphatic heterocycles. The van der Waals surface area contributed by atoms with E-state index in [4.69, 9.17) is 0 Å². The zero-order valence-corrected chi connectivity index (χ0v) is 17.0. The third kappa shape index (κ3) is 2.48. The maximum atomic E-state index is 14.8. The minimum atomic E-state index is -3.04. The molecule has 152 valence electrons. The van der Waals surface area contributed by atoms with Crippen LogP contribution in [-0.2, 0) is 0 Å². The van der Waals surface area contributed by atoms with E-state index >= 15 is 0 Å². The molecule has 0 heterocycles. The molecule has 5 rings (SSSR count).